The van der Waals surface area contributed by atoms with E-state index in [0.29, 0.717) is 12.2 Å². The van der Waals surface area contributed by atoms with Crippen molar-refractivity contribution in [2.75, 3.05) is 33.4 Å². The van der Waals surface area contributed by atoms with Crippen molar-refractivity contribution in [3.05, 3.63) is 29.8 Å². The Kier molecular flexibility index (Phi) is 7.42. The minimum atomic E-state index is -3.65. The van der Waals surface area contributed by atoms with Crippen LogP contribution in [0.1, 0.15) is 29.6 Å². The number of halogens is 1. The molecule has 26 heavy (non-hydrogen) atoms. The van der Waals surface area contributed by atoms with Gasteiger partial charge in [-0.15, -0.1) is 12.4 Å². The summed E-state index contributed by atoms with van der Waals surface area (Å²) in [7, 11) is -2.14. The zero-order valence-electron chi connectivity index (χ0n) is 14.8. The number of rotatable bonds is 6. The van der Waals surface area contributed by atoms with Gasteiger partial charge in [-0.05, 0) is 44.0 Å². The molecule has 1 aromatic carbocycles. The van der Waals surface area contributed by atoms with E-state index in [1.54, 1.807) is 12.1 Å². The number of nitrogens with one attached hydrogen (secondary N) is 2. The smallest absolute Gasteiger partial charge is 0.254 e. The SMILES string of the molecule is COCCNS(=O)(=O)c1cccc(C(=O)N2C3CCNCC2CC3)c1.Cl. The molecule has 7 nitrogen and oxygen atoms in total. The van der Waals surface area contributed by atoms with E-state index < -0.39 is 10.0 Å². The van der Waals surface area contributed by atoms with E-state index in [-0.39, 0.29) is 41.8 Å². The summed E-state index contributed by atoms with van der Waals surface area (Å²) in [6.45, 7) is 2.21. The number of sulfonamides is 1. The normalized spacial score (nSPS) is 22.6. The molecule has 2 N–H and O–H groups in total. The van der Waals surface area contributed by atoms with E-state index in [0.717, 1.165) is 32.4 Å². The molecule has 0 radical (unpaired) electrons. The third-order valence-corrected chi connectivity index (χ3v) is 6.34. The number of carbonyl (C=O) groups excluding carboxylic acids is 1. The molecule has 2 saturated heterocycles. The van der Waals surface area contributed by atoms with Gasteiger partial charge in [0.2, 0.25) is 10.0 Å². The standard InChI is InChI=1S/C17H25N3O4S.ClH/c1-24-10-9-19-25(22,23)16-4-2-3-13(11-16)17(21)20-14-5-6-15(20)12-18-8-7-14;/h2-4,11,14-15,18-19H,5-10,12H2,1H3;1H. The number of carbonyl (C=O) groups is 1. The molecule has 2 heterocycles. The average molecular weight is 404 g/mol. The van der Waals surface area contributed by atoms with E-state index in [1.165, 1.54) is 19.2 Å². The Hall–Kier alpha value is -1.19. The summed E-state index contributed by atoms with van der Waals surface area (Å²) in [5.74, 6) is -0.0786. The van der Waals surface area contributed by atoms with Gasteiger partial charge in [0.1, 0.15) is 0 Å². The van der Waals surface area contributed by atoms with Crippen LogP contribution in [0.2, 0.25) is 0 Å². The van der Waals surface area contributed by atoms with Crippen molar-refractivity contribution in [1.82, 2.24) is 14.9 Å². The second-order valence-electron chi connectivity index (χ2n) is 6.51. The number of nitrogens with zero attached hydrogens (tertiary/aromatic N) is 1. The molecule has 2 aliphatic rings. The van der Waals surface area contributed by atoms with Gasteiger partial charge < -0.3 is 15.0 Å². The quantitative estimate of drug-likeness (QED) is 0.692. The van der Waals surface area contributed by atoms with Crippen molar-refractivity contribution in [1.29, 1.82) is 0 Å². The summed E-state index contributed by atoms with van der Waals surface area (Å²) in [5, 5.41) is 3.37. The van der Waals surface area contributed by atoms with Crippen molar-refractivity contribution in [2.24, 2.45) is 0 Å². The average Bonchev–Trinajstić information content (AvgIpc) is 2.87. The van der Waals surface area contributed by atoms with Gasteiger partial charge in [0.15, 0.2) is 0 Å². The van der Waals surface area contributed by atoms with Crippen molar-refractivity contribution in [3.8, 4) is 0 Å². The maximum atomic E-state index is 13.0. The van der Waals surface area contributed by atoms with Crippen LogP contribution >= 0.6 is 12.4 Å². The predicted octanol–water partition coefficient (Wildman–Crippen LogP) is 1.000. The van der Waals surface area contributed by atoms with Crippen LogP contribution in [0.15, 0.2) is 29.2 Å². The van der Waals surface area contributed by atoms with Gasteiger partial charge >= 0.3 is 0 Å². The molecule has 0 spiro atoms. The second kappa shape index (κ2) is 9.14. The van der Waals surface area contributed by atoms with Crippen molar-refractivity contribution in [2.45, 2.75) is 36.2 Å². The van der Waals surface area contributed by atoms with E-state index in [9.17, 15) is 13.2 Å². The number of amides is 1. The Labute approximate surface area is 160 Å². The highest BCUT2D eigenvalue weighted by molar-refractivity contribution is 7.89. The van der Waals surface area contributed by atoms with Crippen LogP contribution in [-0.2, 0) is 14.8 Å². The Morgan fingerprint density at radius 2 is 2.08 bits per heavy atom. The maximum absolute atomic E-state index is 13.0. The van der Waals surface area contributed by atoms with Gasteiger partial charge in [0, 0.05) is 37.8 Å². The highest BCUT2D eigenvalue weighted by Gasteiger charge is 2.38. The van der Waals surface area contributed by atoms with E-state index in [2.05, 4.69) is 10.0 Å². The number of hydrogen-bond acceptors (Lipinski definition) is 5. The number of ether oxygens (including phenoxy) is 1. The molecule has 3 rings (SSSR count). The van der Waals surface area contributed by atoms with Crippen molar-refractivity contribution in [3.63, 3.8) is 0 Å². The Morgan fingerprint density at radius 3 is 2.85 bits per heavy atom. The first kappa shape index (κ1) is 21.1. The summed E-state index contributed by atoms with van der Waals surface area (Å²) in [5.41, 5.74) is 0.424. The Morgan fingerprint density at radius 1 is 1.31 bits per heavy atom. The van der Waals surface area contributed by atoms with Gasteiger partial charge in [-0.2, -0.15) is 0 Å². The van der Waals surface area contributed by atoms with Crippen LogP contribution in [-0.4, -0.2) is 64.7 Å². The van der Waals surface area contributed by atoms with Crippen molar-refractivity contribution >= 4 is 28.3 Å². The van der Waals surface area contributed by atoms with Gasteiger partial charge in [0.05, 0.1) is 11.5 Å². The van der Waals surface area contributed by atoms with Crippen LogP contribution in [0.4, 0.5) is 0 Å². The molecular weight excluding hydrogens is 378 g/mol. The summed E-state index contributed by atoms with van der Waals surface area (Å²) in [4.78, 5) is 15.1. The lowest BCUT2D eigenvalue weighted by Gasteiger charge is -2.28. The van der Waals surface area contributed by atoms with Crippen LogP contribution in [0.25, 0.3) is 0 Å². The molecule has 2 unspecified atom stereocenters. The lowest BCUT2D eigenvalue weighted by atomic mass is 10.1. The van der Waals surface area contributed by atoms with Gasteiger partial charge in [-0.1, -0.05) is 6.07 Å². The van der Waals surface area contributed by atoms with Crippen LogP contribution in [0.5, 0.6) is 0 Å². The Bertz CT molecular complexity index is 714. The van der Waals surface area contributed by atoms with E-state index in [4.69, 9.17) is 4.74 Å². The lowest BCUT2D eigenvalue weighted by molar-refractivity contribution is 0.0680. The summed E-state index contributed by atoms with van der Waals surface area (Å²) in [6.07, 6.45) is 2.97. The molecule has 146 valence electrons. The number of fused-ring (bicyclic) bond motifs is 2. The fourth-order valence-corrected chi connectivity index (χ4v) is 4.68. The zero-order chi connectivity index (χ0) is 17.9. The first-order valence-electron chi connectivity index (χ1n) is 8.65. The van der Waals surface area contributed by atoms with Gasteiger partial charge in [-0.25, -0.2) is 13.1 Å². The molecule has 1 aromatic rings. The molecule has 1 amide bonds. The summed E-state index contributed by atoms with van der Waals surface area (Å²) in [6, 6.07) is 6.72. The minimum absolute atomic E-state index is 0. The predicted molar refractivity (Wildman–Crippen MR) is 101 cm³/mol. The van der Waals surface area contributed by atoms with Crippen LogP contribution in [0.3, 0.4) is 0 Å². The molecule has 2 atom stereocenters. The maximum Gasteiger partial charge on any atom is 0.254 e. The van der Waals surface area contributed by atoms with Crippen molar-refractivity contribution < 1.29 is 17.9 Å². The third-order valence-electron chi connectivity index (χ3n) is 4.88. The molecule has 2 aliphatic heterocycles. The first-order chi connectivity index (χ1) is 12.0. The van der Waals surface area contributed by atoms with Gasteiger partial charge in [-0.3, -0.25) is 4.79 Å². The second-order valence-corrected chi connectivity index (χ2v) is 8.28. The molecular formula is C17H26ClN3O4S. The first-order valence-corrected chi connectivity index (χ1v) is 10.1. The summed E-state index contributed by atoms with van der Waals surface area (Å²) >= 11 is 0. The lowest BCUT2D eigenvalue weighted by Crippen LogP contribution is -2.42. The fourth-order valence-electron chi connectivity index (χ4n) is 3.62. The van der Waals surface area contributed by atoms with Gasteiger partial charge in [0.25, 0.3) is 5.91 Å². The highest BCUT2D eigenvalue weighted by atomic mass is 35.5. The van der Waals surface area contributed by atoms with Crippen LogP contribution in [0, 0.1) is 0 Å². The largest absolute Gasteiger partial charge is 0.383 e. The number of methoxy groups -OCH3 is 1. The molecule has 2 fully saturated rings. The van der Waals surface area contributed by atoms with E-state index >= 15 is 0 Å². The summed E-state index contributed by atoms with van der Waals surface area (Å²) < 4.78 is 32.0. The third kappa shape index (κ3) is 4.55. The minimum Gasteiger partial charge on any atom is -0.383 e. The fraction of sp³-hybridized carbons (Fsp3) is 0.588. The number of benzene rings is 1. The molecule has 0 aliphatic carbocycles. The molecule has 0 aromatic heterocycles. The van der Waals surface area contributed by atoms with E-state index in [1.807, 2.05) is 4.90 Å². The monoisotopic (exact) mass is 403 g/mol. The number of hydrogen-bond donors (Lipinski definition) is 2. The van der Waals surface area contributed by atoms with Crippen LogP contribution < -0.4 is 10.0 Å². The zero-order valence-corrected chi connectivity index (χ0v) is 16.4. The molecule has 2 bridgehead atoms. The molecule has 9 heteroatoms. The topological polar surface area (TPSA) is 87.7 Å². The Balaban J connectivity index is 0.00000243. The molecule has 0 saturated carbocycles. The highest BCUT2D eigenvalue weighted by Crippen LogP contribution is 2.29.